The summed E-state index contributed by atoms with van der Waals surface area (Å²) in [7, 11) is -3.81. The monoisotopic (exact) mass is 414 g/mol. The number of hydrogen-bond acceptors (Lipinski definition) is 5. The van der Waals surface area contributed by atoms with Gasteiger partial charge in [-0.2, -0.15) is 0 Å². The second kappa shape index (κ2) is 7.08. The van der Waals surface area contributed by atoms with E-state index in [9.17, 15) is 8.42 Å². The van der Waals surface area contributed by atoms with Crippen molar-refractivity contribution in [1.29, 1.82) is 0 Å². The summed E-state index contributed by atoms with van der Waals surface area (Å²) in [5.41, 5.74) is 2.63. The van der Waals surface area contributed by atoms with Crippen LogP contribution in [-0.2, 0) is 10.0 Å². The van der Waals surface area contributed by atoms with Gasteiger partial charge in [0.05, 0.1) is 10.6 Å². The van der Waals surface area contributed by atoms with Gasteiger partial charge in [0, 0.05) is 35.5 Å². The maximum atomic E-state index is 13.3. The number of hydrogen-bond donors (Lipinski definition) is 0. The largest absolute Gasteiger partial charge is 0.269 e. The third-order valence-corrected chi connectivity index (χ3v) is 6.67. The molecule has 3 aromatic heterocycles. The first kappa shape index (κ1) is 18.5. The average Bonchev–Trinajstić information content (AvgIpc) is 3.50. The Morgan fingerprint density at radius 2 is 1.83 bits per heavy atom. The molecular formula is C23H18N4O2S. The fourth-order valence-corrected chi connectivity index (χ4v) is 4.53. The van der Waals surface area contributed by atoms with E-state index in [0.29, 0.717) is 34.0 Å². The molecule has 5 rings (SSSR count). The number of pyridine rings is 1. The van der Waals surface area contributed by atoms with E-state index in [2.05, 4.69) is 26.8 Å². The van der Waals surface area contributed by atoms with Crippen LogP contribution in [0.1, 0.15) is 24.2 Å². The molecule has 0 N–H and O–H groups in total. The van der Waals surface area contributed by atoms with Gasteiger partial charge in [0.15, 0.2) is 5.65 Å². The molecule has 0 unspecified atom stereocenters. The van der Waals surface area contributed by atoms with Crippen LogP contribution < -0.4 is 0 Å². The van der Waals surface area contributed by atoms with Gasteiger partial charge in [0.1, 0.15) is 0 Å². The zero-order valence-corrected chi connectivity index (χ0v) is 17.1. The Morgan fingerprint density at radius 3 is 2.60 bits per heavy atom. The van der Waals surface area contributed by atoms with Crippen molar-refractivity contribution >= 4 is 21.1 Å². The molecule has 1 saturated carbocycles. The predicted octanol–water partition coefficient (Wildman–Crippen LogP) is 3.80. The third-order valence-electron chi connectivity index (χ3n) is 5.01. The molecule has 6 nitrogen and oxygen atoms in total. The molecule has 0 bridgehead atoms. The van der Waals surface area contributed by atoms with Crippen LogP contribution in [0.4, 0.5) is 0 Å². The predicted molar refractivity (Wildman–Crippen MR) is 114 cm³/mol. The molecule has 0 radical (unpaired) electrons. The van der Waals surface area contributed by atoms with Crippen LogP contribution in [0.2, 0.25) is 0 Å². The Labute approximate surface area is 174 Å². The van der Waals surface area contributed by atoms with Gasteiger partial charge < -0.3 is 0 Å². The van der Waals surface area contributed by atoms with Crippen LogP contribution in [-0.4, -0.2) is 27.3 Å². The lowest BCUT2D eigenvalue weighted by molar-refractivity contribution is 0.589. The van der Waals surface area contributed by atoms with E-state index in [4.69, 9.17) is 0 Å². The van der Waals surface area contributed by atoms with Crippen molar-refractivity contribution in [1.82, 2.24) is 18.9 Å². The number of nitrogens with zero attached hydrogens (tertiary/aromatic N) is 4. The Balaban J connectivity index is 1.66. The highest BCUT2D eigenvalue weighted by Gasteiger charge is 2.23. The van der Waals surface area contributed by atoms with E-state index < -0.39 is 10.0 Å². The molecule has 4 aromatic rings. The number of aromatic nitrogens is 4. The van der Waals surface area contributed by atoms with Gasteiger partial charge in [-0.25, -0.2) is 27.3 Å². The van der Waals surface area contributed by atoms with Crippen molar-refractivity contribution < 1.29 is 8.42 Å². The zero-order chi connectivity index (χ0) is 20.7. The Hall–Kier alpha value is -3.50. The van der Waals surface area contributed by atoms with Gasteiger partial charge in [-0.15, -0.1) is 0 Å². The summed E-state index contributed by atoms with van der Waals surface area (Å²) in [6, 6.07) is 12.2. The third kappa shape index (κ3) is 3.36. The lowest BCUT2D eigenvalue weighted by Crippen LogP contribution is -2.12. The molecule has 0 aliphatic heterocycles. The normalized spacial score (nSPS) is 13.8. The fourth-order valence-electron chi connectivity index (χ4n) is 3.21. The zero-order valence-electron chi connectivity index (χ0n) is 16.3. The Bertz CT molecular complexity index is 1420. The number of aryl methyl sites for hydroxylation is 1. The van der Waals surface area contributed by atoms with Crippen LogP contribution >= 0.6 is 0 Å². The molecule has 0 spiro atoms. The van der Waals surface area contributed by atoms with Gasteiger partial charge in [0.2, 0.25) is 5.82 Å². The van der Waals surface area contributed by atoms with Gasteiger partial charge in [-0.1, -0.05) is 23.6 Å². The van der Waals surface area contributed by atoms with Crippen LogP contribution in [0.3, 0.4) is 0 Å². The van der Waals surface area contributed by atoms with E-state index in [-0.39, 0.29) is 4.90 Å². The minimum atomic E-state index is -3.81. The summed E-state index contributed by atoms with van der Waals surface area (Å²) in [5.74, 6) is 7.06. The average molecular weight is 414 g/mol. The van der Waals surface area contributed by atoms with Crippen molar-refractivity contribution in [3.05, 3.63) is 72.4 Å². The second-order valence-electron chi connectivity index (χ2n) is 7.34. The summed E-state index contributed by atoms with van der Waals surface area (Å²) in [6.45, 7) is 1.92. The molecule has 0 amide bonds. The summed E-state index contributed by atoms with van der Waals surface area (Å²) >= 11 is 0. The van der Waals surface area contributed by atoms with E-state index in [1.807, 2.05) is 13.0 Å². The maximum absolute atomic E-state index is 13.3. The van der Waals surface area contributed by atoms with Crippen LogP contribution in [0, 0.1) is 24.7 Å². The smallest absolute Gasteiger partial charge is 0.237 e. The first-order valence-corrected chi connectivity index (χ1v) is 11.1. The van der Waals surface area contributed by atoms with E-state index in [0.717, 1.165) is 18.4 Å². The first-order chi connectivity index (χ1) is 14.5. The number of rotatable bonds is 3. The quantitative estimate of drug-likeness (QED) is 0.477. The topological polar surface area (TPSA) is 77.7 Å². The van der Waals surface area contributed by atoms with Gasteiger partial charge in [-0.3, -0.25) is 0 Å². The molecular weight excluding hydrogens is 396 g/mol. The summed E-state index contributed by atoms with van der Waals surface area (Å²) in [5, 5.41) is 0.702. The van der Waals surface area contributed by atoms with Crippen molar-refractivity contribution in [2.75, 3.05) is 0 Å². The SMILES string of the molecule is Cc1ccc(S(=O)(=O)n2cc(-c3ccnc(C#CC4CC4)n3)c3cccnc32)cc1. The fraction of sp³-hybridized carbons (Fsp3) is 0.174. The van der Waals surface area contributed by atoms with E-state index in [1.54, 1.807) is 55.0 Å². The van der Waals surface area contributed by atoms with Crippen molar-refractivity contribution in [2.24, 2.45) is 5.92 Å². The lowest BCUT2D eigenvalue weighted by Gasteiger charge is -2.07. The molecule has 148 valence electrons. The first-order valence-electron chi connectivity index (χ1n) is 9.66. The second-order valence-corrected chi connectivity index (χ2v) is 9.16. The minimum absolute atomic E-state index is 0.209. The van der Waals surface area contributed by atoms with Gasteiger partial charge >= 0.3 is 0 Å². The van der Waals surface area contributed by atoms with Crippen LogP contribution in [0.25, 0.3) is 22.3 Å². The van der Waals surface area contributed by atoms with Gasteiger partial charge in [-0.05, 0) is 56.0 Å². The van der Waals surface area contributed by atoms with E-state index in [1.165, 1.54) is 3.97 Å². The highest BCUT2D eigenvalue weighted by Crippen LogP contribution is 2.31. The van der Waals surface area contributed by atoms with E-state index >= 15 is 0 Å². The molecule has 0 saturated heterocycles. The molecule has 1 aromatic carbocycles. The Kier molecular flexibility index (Phi) is 4.37. The summed E-state index contributed by atoms with van der Waals surface area (Å²) < 4.78 is 27.9. The lowest BCUT2D eigenvalue weighted by atomic mass is 10.1. The highest BCUT2D eigenvalue weighted by atomic mass is 32.2. The molecule has 0 atom stereocenters. The van der Waals surface area contributed by atoms with Crippen LogP contribution in [0.15, 0.2) is 66.0 Å². The molecule has 1 fully saturated rings. The van der Waals surface area contributed by atoms with Crippen molar-refractivity contribution in [3.8, 4) is 23.1 Å². The number of benzene rings is 1. The molecule has 3 heterocycles. The molecule has 1 aliphatic carbocycles. The maximum Gasteiger partial charge on any atom is 0.269 e. The highest BCUT2D eigenvalue weighted by molar-refractivity contribution is 7.90. The van der Waals surface area contributed by atoms with Gasteiger partial charge in [0.25, 0.3) is 10.0 Å². The summed E-state index contributed by atoms with van der Waals surface area (Å²) in [4.78, 5) is 13.3. The molecule has 7 heteroatoms. The van der Waals surface area contributed by atoms with Crippen LogP contribution in [0.5, 0.6) is 0 Å². The van der Waals surface area contributed by atoms with Crippen molar-refractivity contribution in [3.63, 3.8) is 0 Å². The Morgan fingerprint density at radius 1 is 1.03 bits per heavy atom. The molecule has 30 heavy (non-hydrogen) atoms. The van der Waals surface area contributed by atoms with Crippen molar-refractivity contribution in [2.45, 2.75) is 24.7 Å². The number of fused-ring (bicyclic) bond motifs is 1. The minimum Gasteiger partial charge on any atom is -0.237 e. The standard InChI is InChI=1S/C23H18N4O2S/c1-16-4-9-18(10-5-16)30(28,29)27-15-20(19-3-2-13-25-23(19)27)21-12-14-24-22(26-21)11-8-17-6-7-17/h2-5,9-10,12-15,17H,6-7H2,1H3. The summed E-state index contributed by atoms with van der Waals surface area (Å²) in [6.07, 6.45) is 7.06. The molecule has 1 aliphatic rings.